The van der Waals surface area contributed by atoms with Crippen LogP contribution < -0.4 is 5.32 Å². The fraction of sp³-hybridized carbons (Fsp3) is 0.438. The van der Waals surface area contributed by atoms with Crippen LogP contribution in [0.25, 0.3) is 5.52 Å². The van der Waals surface area contributed by atoms with Crippen molar-refractivity contribution in [3.05, 3.63) is 42.2 Å². The predicted octanol–water partition coefficient (Wildman–Crippen LogP) is 1.86. The maximum absolute atomic E-state index is 12.0. The van der Waals surface area contributed by atoms with E-state index in [0.29, 0.717) is 25.3 Å². The molecule has 1 saturated heterocycles. The van der Waals surface area contributed by atoms with Gasteiger partial charge in [-0.2, -0.15) is 0 Å². The van der Waals surface area contributed by atoms with Crippen LogP contribution in [0.5, 0.6) is 0 Å². The highest BCUT2D eigenvalue weighted by molar-refractivity contribution is 5.95. The van der Waals surface area contributed by atoms with Crippen LogP contribution in [0, 0.1) is 0 Å². The molecular formula is C16H20N2O3. The summed E-state index contributed by atoms with van der Waals surface area (Å²) in [5, 5.41) is 2.87. The van der Waals surface area contributed by atoms with Gasteiger partial charge in [-0.15, -0.1) is 0 Å². The summed E-state index contributed by atoms with van der Waals surface area (Å²) in [4.78, 5) is 12.0. The molecule has 0 radical (unpaired) electrons. The summed E-state index contributed by atoms with van der Waals surface area (Å²) < 4.78 is 12.9. The topological polar surface area (TPSA) is 52.0 Å². The Kier molecular flexibility index (Phi) is 4.52. The van der Waals surface area contributed by atoms with Gasteiger partial charge in [-0.05, 0) is 31.0 Å². The lowest BCUT2D eigenvalue weighted by Crippen LogP contribution is -2.28. The van der Waals surface area contributed by atoms with Gasteiger partial charge in [0.2, 0.25) is 0 Å². The van der Waals surface area contributed by atoms with Crippen LogP contribution in [0.15, 0.2) is 36.7 Å². The average molecular weight is 288 g/mol. The van der Waals surface area contributed by atoms with E-state index in [1.807, 2.05) is 41.1 Å². The molecule has 3 rings (SSSR count). The molecule has 0 aliphatic carbocycles. The van der Waals surface area contributed by atoms with Crippen molar-refractivity contribution >= 4 is 11.4 Å². The van der Waals surface area contributed by atoms with Crippen LogP contribution in [0.4, 0.5) is 0 Å². The minimum atomic E-state index is -0.0700. The molecule has 1 aliphatic rings. The highest BCUT2D eigenvalue weighted by atomic mass is 16.5. The average Bonchev–Trinajstić information content (AvgIpc) is 3.15. The van der Waals surface area contributed by atoms with Gasteiger partial charge in [0.25, 0.3) is 5.91 Å². The SMILES string of the molecule is O=C(NCCOC[C@H]1CCCO1)c1cc2ccccn2c1. The number of carbonyl (C=O) groups is 1. The third-order valence-corrected chi connectivity index (χ3v) is 3.63. The number of nitrogens with one attached hydrogen (secondary N) is 1. The van der Waals surface area contributed by atoms with E-state index in [4.69, 9.17) is 9.47 Å². The molecule has 0 bridgehead atoms. The van der Waals surface area contributed by atoms with Gasteiger partial charge in [-0.25, -0.2) is 0 Å². The molecule has 0 spiro atoms. The van der Waals surface area contributed by atoms with Crippen LogP contribution in [-0.2, 0) is 9.47 Å². The number of hydrogen-bond acceptors (Lipinski definition) is 3. The third kappa shape index (κ3) is 3.62. The Morgan fingerprint density at radius 3 is 3.24 bits per heavy atom. The summed E-state index contributed by atoms with van der Waals surface area (Å²) in [6, 6.07) is 7.74. The number of pyridine rings is 1. The Labute approximate surface area is 123 Å². The number of nitrogens with zero attached hydrogens (tertiary/aromatic N) is 1. The van der Waals surface area contributed by atoms with Gasteiger partial charge in [0.05, 0.1) is 24.9 Å². The molecule has 5 heteroatoms. The van der Waals surface area contributed by atoms with E-state index < -0.39 is 0 Å². The molecule has 1 atom stereocenters. The van der Waals surface area contributed by atoms with Crippen molar-refractivity contribution in [1.82, 2.24) is 9.72 Å². The first-order chi connectivity index (χ1) is 10.3. The molecule has 112 valence electrons. The molecule has 0 saturated carbocycles. The summed E-state index contributed by atoms with van der Waals surface area (Å²) >= 11 is 0. The first-order valence-corrected chi connectivity index (χ1v) is 7.37. The molecule has 1 aliphatic heterocycles. The minimum absolute atomic E-state index is 0.0700. The van der Waals surface area contributed by atoms with Crippen molar-refractivity contribution in [3.63, 3.8) is 0 Å². The molecule has 1 fully saturated rings. The first kappa shape index (κ1) is 14.1. The molecule has 5 nitrogen and oxygen atoms in total. The van der Waals surface area contributed by atoms with Crippen molar-refractivity contribution in [2.75, 3.05) is 26.4 Å². The summed E-state index contributed by atoms with van der Waals surface area (Å²) in [6.45, 7) is 2.48. The van der Waals surface area contributed by atoms with E-state index in [1.54, 1.807) is 0 Å². The smallest absolute Gasteiger partial charge is 0.252 e. The first-order valence-electron chi connectivity index (χ1n) is 7.37. The van der Waals surface area contributed by atoms with Crippen molar-refractivity contribution in [2.24, 2.45) is 0 Å². The second-order valence-electron chi connectivity index (χ2n) is 5.23. The molecule has 0 aromatic carbocycles. The standard InChI is InChI=1S/C16H20N2O3/c19-16(13-10-14-4-1-2-7-18(14)11-13)17-6-9-20-12-15-5-3-8-21-15/h1-2,4,7,10-11,15H,3,5-6,8-9,12H2,(H,17,19)/t15-/m1/s1. The number of carbonyl (C=O) groups excluding carboxylic acids is 1. The summed E-state index contributed by atoms with van der Waals surface area (Å²) in [5.41, 5.74) is 1.68. The van der Waals surface area contributed by atoms with Gasteiger partial charge in [-0.1, -0.05) is 6.07 Å². The zero-order chi connectivity index (χ0) is 14.5. The normalized spacial score (nSPS) is 18.2. The Morgan fingerprint density at radius 2 is 2.43 bits per heavy atom. The lowest BCUT2D eigenvalue weighted by Gasteiger charge is -2.10. The van der Waals surface area contributed by atoms with Crippen molar-refractivity contribution in [1.29, 1.82) is 0 Å². The highest BCUT2D eigenvalue weighted by Gasteiger charge is 2.15. The maximum atomic E-state index is 12.0. The third-order valence-electron chi connectivity index (χ3n) is 3.63. The monoisotopic (exact) mass is 288 g/mol. The summed E-state index contributed by atoms with van der Waals surface area (Å²) in [7, 11) is 0. The van der Waals surface area contributed by atoms with Crippen LogP contribution in [0.3, 0.4) is 0 Å². The number of fused-ring (bicyclic) bond motifs is 1. The Hall–Kier alpha value is -1.85. The molecule has 2 aromatic heterocycles. The van der Waals surface area contributed by atoms with Crippen LogP contribution >= 0.6 is 0 Å². The fourth-order valence-corrected chi connectivity index (χ4v) is 2.51. The zero-order valence-corrected chi connectivity index (χ0v) is 12.0. The number of rotatable bonds is 6. The van der Waals surface area contributed by atoms with Crippen LogP contribution in [-0.4, -0.2) is 42.8 Å². The fourth-order valence-electron chi connectivity index (χ4n) is 2.51. The van der Waals surface area contributed by atoms with Crippen molar-refractivity contribution < 1.29 is 14.3 Å². The number of ether oxygens (including phenoxy) is 2. The molecule has 3 heterocycles. The van der Waals surface area contributed by atoms with E-state index >= 15 is 0 Å². The lowest BCUT2D eigenvalue weighted by atomic mass is 10.2. The minimum Gasteiger partial charge on any atom is -0.377 e. The van der Waals surface area contributed by atoms with Gasteiger partial charge < -0.3 is 19.2 Å². The highest BCUT2D eigenvalue weighted by Crippen LogP contribution is 2.12. The summed E-state index contributed by atoms with van der Waals surface area (Å²) in [6.07, 6.45) is 6.18. The number of aromatic nitrogens is 1. The molecule has 0 unspecified atom stereocenters. The summed E-state index contributed by atoms with van der Waals surface area (Å²) in [5.74, 6) is -0.0700. The molecule has 2 aromatic rings. The maximum Gasteiger partial charge on any atom is 0.252 e. The number of hydrogen-bond donors (Lipinski definition) is 1. The second-order valence-corrected chi connectivity index (χ2v) is 5.23. The van der Waals surface area contributed by atoms with Crippen LogP contribution in [0.2, 0.25) is 0 Å². The zero-order valence-electron chi connectivity index (χ0n) is 12.0. The van der Waals surface area contributed by atoms with Gasteiger partial charge in [0.15, 0.2) is 0 Å². The van der Waals surface area contributed by atoms with Crippen LogP contribution in [0.1, 0.15) is 23.2 Å². The van der Waals surface area contributed by atoms with E-state index in [0.717, 1.165) is 25.0 Å². The van der Waals surface area contributed by atoms with Gasteiger partial charge in [0, 0.05) is 31.1 Å². The van der Waals surface area contributed by atoms with Gasteiger partial charge >= 0.3 is 0 Å². The lowest BCUT2D eigenvalue weighted by molar-refractivity contribution is 0.0183. The van der Waals surface area contributed by atoms with E-state index in [2.05, 4.69) is 5.32 Å². The van der Waals surface area contributed by atoms with Gasteiger partial charge in [0.1, 0.15) is 0 Å². The largest absolute Gasteiger partial charge is 0.377 e. The number of amides is 1. The molecule has 21 heavy (non-hydrogen) atoms. The van der Waals surface area contributed by atoms with Gasteiger partial charge in [-0.3, -0.25) is 4.79 Å². The Balaban J connectivity index is 1.41. The molecule has 1 amide bonds. The van der Waals surface area contributed by atoms with E-state index in [-0.39, 0.29) is 12.0 Å². The quantitative estimate of drug-likeness (QED) is 0.826. The Morgan fingerprint density at radius 1 is 1.48 bits per heavy atom. The second kappa shape index (κ2) is 6.74. The molecular weight excluding hydrogens is 268 g/mol. The Bertz CT molecular complexity index is 569. The molecule has 1 N–H and O–H groups in total. The van der Waals surface area contributed by atoms with Crippen molar-refractivity contribution in [3.8, 4) is 0 Å². The van der Waals surface area contributed by atoms with E-state index in [1.165, 1.54) is 0 Å². The van der Waals surface area contributed by atoms with Crippen molar-refractivity contribution in [2.45, 2.75) is 18.9 Å². The predicted molar refractivity (Wildman–Crippen MR) is 79.5 cm³/mol. The van der Waals surface area contributed by atoms with E-state index in [9.17, 15) is 4.79 Å².